The van der Waals surface area contributed by atoms with Gasteiger partial charge in [0.05, 0.1) is 0 Å². The van der Waals surface area contributed by atoms with E-state index in [0.29, 0.717) is 0 Å². The van der Waals surface area contributed by atoms with Gasteiger partial charge in [-0.25, -0.2) is 0 Å². The van der Waals surface area contributed by atoms with Gasteiger partial charge in [-0.15, -0.1) is 0 Å². The molecule has 0 spiro atoms. The van der Waals surface area contributed by atoms with Crippen LogP contribution in [0.5, 0.6) is 0 Å². The lowest BCUT2D eigenvalue weighted by Crippen LogP contribution is -2.32. The number of fused-ring (bicyclic) bond motifs is 1. The van der Waals surface area contributed by atoms with Crippen LogP contribution in [0.3, 0.4) is 0 Å². The smallest absolute Gasteiger partial charge is 0.123 e. The van der Waals surface area contributed by atoms with Crippen molar-refractivity contribution in [3.63, 3.8) is 0 Å². The molecule has 0 amide bonds. The average molecular weight is 281 g/mol. The first-order valence-electron chi connectivity index (χ1n) is 7.81. The van der Waals surface area contributed by atoms with Crippen LogP contribution in [0, 0.1) is 11.3 Å². The Bertz CT molecular complexity index is 659. The Kier molecular flexibility index (Phi) is 3.82. The predicted octanol–water partition coefficient (Wildman–Crippen LogP) is 3.75. The number of benzene rings is 2. The normalized spacial score (nSPS) is 14.9. The number of rotatable bonds is 5. The minimum atomic E-state index is 0.139. The largest absolute Gasteiger partial charge is 0.384 e. The van der Waals surface area contributed by atoms with E-state index in [4.69, 9.17) is 11.1 Å². The minimum Gasteiger partial charge on any atom is -0.384 e. The van der Waals surface area contributed by atoms with E-state index in [1.165, 1.54) is 30.3 Å². The monoisotopic (exact) mass is 281 g/mol. The Labute approximate surface area is 126 Å². The van der Waals surface area contributed by atoms with Crippen LogP contribution < -0.4 is 10.6 Å². The molecular formula is C18H23N3. The fourth-order valence-corrected chi connectivity index (χ4v) is 3.18. The molecule has 1 aliphatic rings. The maximum atomic E-state index is 7.76. The van der Waals surface area contributed by atoms with Gasteiger partial charge in [-0.05, 0) is 43.2 Å². The van der Waals surface area contributed by atoms with Crippen molar-refractivity contribution in [2.45, 2.75) is 26.2 Å². The molecule has 0 heterocycles. The zero-order chi connectivity index (χ0) is 14.8. The fraction of sp³-hybridized carbons (Fsp3) is 0.389. The van der Waals surface area contributed by atoms with Gasteiger partial charge in [0.2, 0.25) is 0 Å². The number of nitrogens with one attached hydrogen (secondary N) is 1. The Morgan fingerprint density at radius 2 is 1.90 bits per heavy atom. The number of nitrogens with two attached hydrogens (primary N) is 1. The molecule has 110 valence electrons. The van der Waals surface area contributed by atoms with Gasteiger partial charge in [0.15, 0.2) is 0 Å². The van der Waals surface area contributed by atoms with E-state index in [1.54, 1.807) is 0 Å². The van der Waals surface area contributed by atoms with Crippen molar-refractivity contribution in [2.75, 3.05) is 18.0 Å². The lowest BCUT2D eigenvalue weighted by molar-refractivity contribution is 0.319. The summed E-state index contributed by atoms with van der Waals surface area (Å²) in [6, 6.07) is 12.4. The van der Waals surface area contributed by atoms with Crippen LogP contribution in [0.15, 0.2) is 36.4 Å². The first kappa shape index (κ1) is 13.9. The van der Waals surface area contributed by atoms with E-state index in [0.717, 1.165) is 30.0 Å². The number of anilines is 1. The first-order valence-corrected chi connectivity index (χ1v) is 7.81. The standard InChI is InChI=1S/C18H23N3/c1-2-21(12-13-6-5-7-13)17-11-10-16(18(19)20)14-8-3-4-9-15(14)17/h3-4,8-11,13H,2,5-7,12H2,1H3,(H3,19,20). The summed E-state index contributed by atoms with van der Waals surface area (Å²) in [6.45, 7) is 4.37. The summed E-state index contributed by atoms with van der Waals surface area (Å²) in [5.74, 6) is 0.982. The molecule has 2 aromatic carbocycles. The summed E-state index contributed by atoms with van der Waals surface area (Å²) in [5.41, 5.74) is 7.82. The van der Waals surface area contributed by atoms with Gasteiger partial charge < -0.3 is 10.6 Å². The molecule has 0 unspecified atom stereocenters. The molecule has 1 saturated carbocycles. The van der Waals surface area contributed by atoms with Crippen LogP contribution in [-0.2, 0) is 0 Å². The summed E-state index contributed by atoms with van der Waals surface area (Å²) >= 11 is 0. The summed E-state index contributed by atoms with van der Waals surface area (Å²) in [7, 11) is 0. The highest BCUT2D eigenvalue weighted by Crippen LogP contribution is 2.33. The lowest BCUT2D eigenvalue weighted by Gasteiger charge is -2.34. The maximum Gasteiger partial charge on any atom is 0.123 e. The topological polar surface area (TPSA) is 53.1 Å². The van der Waals surface area contributed by atoms with Gasteiger partial charge >= 0.3 is 0 Å². The van der Waals surface area contributed by atoms with Crippen LogP contribution in [-0.4, -0.2) is 18.9 Å². The van der Waals surface area contributed by atoms with Crippen LogP contribution in [0.2, 0.25) is 0 Å². The summed E-state index contributed by atoms with van der Waals surface area (Å²) in [6.07, 6.45) is 4.10. The van der Waals surface area contributed by atoms with E-state index < -0.39 is 0 Å². The van der Waals surface area contributed by atoms with Gasteiger partial charge in [-0.3, -0.25) is 5.41 Å². The second kappa shape index (κ2) is 5.76. The van der Waals surface area contributed by atoms with E-state index in [-0.39, 0.29) is 5.84 Å². The van der Waals surface area contributed by atoms with Gasteiger partial charge in [0.25, 0.3) is 0 Å². The molecule has 0 saturated heterocycles. The maximum absolute atomic E-state index is 7.76. The molecule has 1 fully saturated rings. The van der Waals surface area contributed by atoms with Gasteiger partial charge in [0, 0.05) is 29.7 Å². The summed E-state index contributed by atoms with van der Waals surface area (Å²) < 4.78 is 0. The highest BCUT2D eigenvalue weighted by molar-refractivity contribution is 6.10. The van der Waals surface area contributed by atoms with Crippen LogP contribution >= 0.6 is 0 Å². The van der Waals surface area contributed by atoms with Crippen LogP contribution in [0.4, 0.5) is 5.69 Å². The SMILES string of the molecule is CCN(CC1CCC1)c1ccc(C(=N)N)c2ccccc12. The third-order valence-electron chi connectivity index (χ3n) is 4.62. The van der Waals surface area contributed by atoms with Crippen molar-refractivity contribution in [1.29, 1.82) is 5.41 Å². The second-order valence-electron chi connectivity index (χ2n) is 5.93. The highest BCUT2D eigenvalue weighted by Gasteiger charge is 2.21. The quantitative estimate of drug-likeness (QED) is 0.648. The predicted molar refractivity (Wildman–Crippen MR) is 90.2 cm³/mol. The lowest BCUT2D eigenvalue weighted by atomic mass is 9.85. The summed E-state index contributed by atoms with van der Waals surface area (Å²) in [5, 5.41) is 10.0. The molecule has 3 rings (SSSR count). The Hall–Kier alpha value is -2.03. The van der Waals surface area contributed by atoms with Crippen molar-refractivity contribution < 1.29 is 0 Å². The average Bonchev–Trinajstić information content (AvgIpc) is 2.45. The van der Waals surface area contributed by atoms with Gasteiger partial charge in [-0.1, -0.05) is 30.7 Å². The zero-order valence-electron chi connectivity index (χ0n) is 12.6. The Morgan fingerprint density at radius 1 is 1.19 bits per heavy atom. The minimum absolute atomic E-state index is 0.139. The molecule has 3 heteroatoms. The van der Waals surface area contributed by atoms with Gasteiger partial charge in [-0.2, -0.15) is 0 Å². The molecular weight excluding hydrogens is 258 g/mol. The highest BCUT2D eigenvalue weighted by atomic mass is 15.1. The number of nitrogen functional groups attached to an aromatic ring is 1. The Morgan fingerprint density at radius 3 is 2.48 bits per heavy atom. The number of hydrogen-bond acceptors (Lipinski definition) is 2. The molecule has 0 aliphatic heterocycles. The zero-order valence-corrected chi connectivity index (χ0v) is 12.6. The van der Waals surface area contributed by atoms with Crippen LogP contribution in [0.25, 0.3) is 10.8 Å². The van der Waals surface area contributed by atoms with Crippen LogP contribution in [0.1, 0.15) is 31.7 Å². The van der Waals surface area contributed by atoms with Crippen molar-refractivity contribution in [2.24, 2.45) is 11.7 Å². The van der Waals surface area contributed by atoms with E-state index in [1.807, 2.05) is 12.1 Å². The number of amidine groups is 1. The summed E-state index contributed by atoms with van der Waals surface area (Å²) in [4.78, 5) is 2.47. The Balaban J connectivity index is 2.05. The van der Waals surface area contributed by atoms with Crippen molar-refractivity contribution in [3.05, 3.63) is 42.0 Å². The molecule has 2 aromatic rings. The second-order valence-corrected chi connectivity index (χ2v) is 5.93. The third-order valence-corrected chi connectivity index (χ3v) is 4.62. The molecule has 0 atom stereocenters. The number of hydrogen-bond donors (Lipinski definition) is 2. The van der Waals surface area contributed by atoms with Crippen molar-refractivity contribution in [3.8, 4) is 0 Å². The van der Waals surface area contributed by atoms with E-state index >= 15 is 0 Å². The van der Waals surface area contributed by atoms with Crippen molar-refractivity contribution >= 4 is 22.3 Å². The fourth-order valence-electron chi connectivity index (χ4n) is 3.18. The molecule has 0 aromatic heterocycles. The third kappa shape index (κ3) is 2.60. The van der Waals surface area contributed by atoms with E-state index in [9.17, 15) is 0 Å². The molecule has 3 N–H and O–H groups in total. The molecule has 0 radical (unpaired) electrons. The van der Waals surface area contributed by atoms with E-state index in [2.05, 4.69) is 36.1 Å². The molecule has 0 bridgehead atoms. The molecule has 21 heavy (non-hydrogen) atoms. The first-order chi connectivity index (χ1) is 10.2. The molecule has 1 aliphatic carbocycles. The van der Waals surface area contributed by atoms with Gasteiger partial charge in [0.1, 0.15) is 5.84 Å². The van der Waals surface area contributed by atoms with Crippen molar-refractivity contribution in [1.82, 2.24) is 0 Å². The number of nitrogens with zero attached hydrogens (tertiary/aromatic N) is 1. The molecule has 3 nitrogen and oxygen atoms in total.